The van der Waals surface area contributed by atoms with E-state index in [0.717, 1.165) is 5.56 Å². The van der Waals surface area contributed by atoms with E-state index >= 15 is 0 Å². The monoisotopic (exact) mass is 356 g/mol. The first kappa shape index (κ1) is 16.9. The highest BCUT2D eigenvalue weighted by molar-refractivity contribution is 6.30. The lowest BCUT2D eigenvalue weighted by Crippen LogP contribution is -2.14. The Balaban J connectivity index is 2.31. The lowest BCUT2D eigenvalue weighted by molar-refractivity contribution is 0.100. The number of rotatable bonds is 3. The number of hydrogen-bond acceptors (Lipinski definition) is 4. The van der Waals surface area contributed by atoms with Crippen LogP contribution in [0.1, 0.15) is 21.5 Å². The van der Waals surface area contributed by atoms with Crippen molar-refractivity contribution >= 4 is 23.3 Å². The Hall–Kier alpha value is -2.99. The number of aromatic hydroxyl groups is 1. The van der Waals surface area contributed by atoms with Crippen LogP contribution in [0.4, 0.5) is 5.82 Å². The standard InChI is InChI=1S/C18H17ClN4O2/c1-9-3-8-13(24)10(2)16(9)23-17(20)14(18(21)25)15(22-23)11-4-6-12(19)7-5-11/h3-8,24H,20H2,1-2H3,(H2,21,25). The van der Waals surface area contributed by atoms with Crippen molar-refractivity contribution in [3.05, 3.63) is 58.1 Å². The first-order valence-electron chi connectivity index (χ1n) is 7.55. The molecule has 0 fully saturated rings. The average molecular weight is 357 g/mol. The van der Waals surface area contributed by atoms with Gasteiger partial charge in [0, 0.05) is 16.1 Å². The molecule has 7 heteroatoms. The molecule has 1 aromatic heterocycles. The second-order valence-electron chi connectivity index (χ2n) is 5.77. The molecule has 1 amide bonds. The Bertz CT molecular complexity index is 978. The summed E-state index contributed by atoms with van der Waals surface area (Å²) in [5, 5.41) is 15.1. The highest BCUT2D eigenvalue weighted by Gasteiger charge is 2.24. The fourth-order valence-corrected chi connectivity index (χ4v) is 2.93. The fraction of sp³-hybridized carbons (Fsp3) is 0.111. The van der Waals surface area contributed by atoms with E-state index in [1.807, 2.05) is 6.92 Å². The minimum Gasteiger partial charge on any atom is -0.508 e. The number of anilines is 1. The summed E-state index contributed by atoms with van der Waals surface area (Å²) in [7, 11) is 0. The van der Waals surface area contributed by atoms with Crippen molar-refractivity contribution in [2.45, 2.75) is 13.8 Å². The molecule has 128 valence electrons. The first-order chi connectivity index (χ1) is 11.8. The molecular formula is C18H17ClN4O2. The number of nitrogens with two attached hydrogens (primary N) is 2. The number of halogens is 1. The van der Waals surface area contributed by atoms with Crippen LogP contribution in [0, 0.1) is 13.8 Å². The zero-order chi connectivity index (χ0) is 18.3. The number of nitrogens with zero attached hydrogens (tertiary/aromatic N) is 2. The van der Waals surface area contributed by atoms with Crippen LogP contribution in [0.15, 0.2) is 36.4 Å². The molecule has 6 nitrogen and oxygen atoms in total. The molecule has 2 aromatic carbocycles. The number of benzene rings is 2. The Morgan fingerprint density at radius 3 is 2.40 bits per heavy atom. The summed E-state index contributed by atoms with van der Waals surface area (Å²) in [4.78, 5) is 12.0. The van der Waals surface area contributed by atoms with Gasteiger partial charge in [-0.05, 0) is 37.6 Å². The van der Waals surface area contributed by atoms with E-state index in [-0.39, 0.29) is 17.1 Å². The van der Waals surface area contributed by atoms with Crippen LogP contribution >= 0.6 is 11.6 Å². The summed E-state index contributed by atoms with van der Waals surface area (Å²) < 4.78 is 1.44. The number of carbonyl (C=O) groups is 1. The topological polar surface area (TPSA) is 107 Å². The number of phenolic OH excluding ortho intramolecular Hbond substituents is 1. The van der Waals surface area contributed by atoms with Crippen LogP contribution in [-0.2, 0) is 0 Å². The van der Waals surface area contributed by atoms with Gasteiger partial charge >= 0.3 is 0 Å². The Labute approximate surface area is 149 Å². The van der Waals surface area contributed by atoms with Crippen LogP contribution in [0.25, 0.3) is 16.9 Å². The van der Waals surface area contributed by atoms with Gasteiger partial charge in [-0.25, -0.2) is 4.68 Å². The molecule has 0 saturated heterocycles. The number of hydrogen-bond donors (Lipinski definition) is 3. The molecular weight excluding hydrogens is 340 g/mol. The summed E-state index contributed by atoms with van der Waals surface area (Å²) in [6.07, 6.45) is 0. The molecule has 1 heterocycles. The summed E-state index contributed by atoms with van der Waals surface area (Å²) in [5.41, 5.74) is 14.9. The van der Waals surface area contributed by atoms with Crippen molar-refractivity contribution in [2.75, 3.05) is 5.73 Å². The van der Waals surface area contributed by atoms with Gasteiger partial charge in [-0.15, -0.1) is 0 Å². The first-order valence-corrected chi connectivity index (χ1v) is 7.92. The molecule has 5 N–H and O–H groups in total. The van der Waals surface area contributed by atoms with Gasteiger partial charge in [-0.1, -0.05) is 29.8 Å². The van der Waals surface area contributed by atoms with Gasteiger partial charge in [0.25, 0.3) is 5.91 Å². The SMILES string of the molecule is Cc1ccc(O)c(C)c1-n1nc(-c2ccc(Cl)cc2)c(C(N)=O)c1N. The van der Waals surface area contributed by atoms with Crippen molar-refractivity contribution in [1.29, 1.82) is 0 Å². The predicted molar refractivity (Wildman–Crippen MR) is 98.1 cm³/mol. The third-order valence-corrected chi connectivity index (χ3v) is 4.35. The van der Waals surface area contributed by atoms with E-state index in [1.54, 1.807) is 43.3 Å². The molecule has 0 bridgehead atoms. The highest BCUT2D eigenvalue weighted by atomic mass is 35.5. The number of aryl methyl sites for hydroxylation is 1. The maximum absolute atomic E-state index is 12.0. The van der Waals surface area contributed by atoms with Gasteiger partial charge in [0.2, 0.25) is 0 Å². The smallest absolute Gasteiger partial charge is 0.254 e. The van der Waals surface area contributed by atoms with Crippen LogP contribution < -0.4 is 11.5 Å². The van der Waals surface area contributed by atoms with Gasteiger partial charge < -0.3 is 16.6 Å². The number of amides is 1. The molecule has 0 saturated carbocycles. The molecule has 0 aliphatic rings. The largest absolute Gasteiger partial charge is 0.508 e. The van der Waals surface area contributed by atoms with Crippen molar-refractivity contribution in [2.24, 2.45) is 5.73 Å². The molecule has 0 atom stereocenters. The third kappa shape index (κ3) is 2.81. The summed E-state index contributed by atoms with van der Waals surface area (Å²) in [6, 6.07) is 10.2. The Morgan fingerprint density at radius 2 is 1.80 bits per heavy atom. The molecule has 3 rings (SSSR count). The molecule has 0 spiro atoms. The summed E-state index contributed by atoms with van der Waals surface area (Å²) in [5.74, 6) is -0.442. The number of aromatic nitrogens is 2. The van der Waals surface area contributed by atoms with Crippen LogP contribution in [0.2, 0.25) is 5.02 Å². The van der Waals surface area contributed by atoms with Gasteiger partial charge in [0.05, 0.1) is 5.69 Å². The van der Waals surface area contributed by atoms with Gasteiger partial charge in [-0.2, -0.15) is 5.10 Å². The Kier molecular flexibility index (Phi) is 4.14. The van der Waals surface area contributed by atoms with E-state index in [0.29, 0.717) is 27.5 Å². The van der Waals surface area contributed by atoms with E-state index in [4.69, 9.17) is 23.1 Å². The second kappa shape index (κ2) is 6.14. The minimum absolute atomic E-state index is 0.115. The van der Waals surface area contributed by atoms with Gasteiger partial charge in [0.15, 0.2) is 0 Å². The minimum atomic E-state index is -0.677. The van der Waals surface area contributed by atoms with Crippen molar-refractivity contribution in [3.8, 4) is 22.7 Å². The van der Waals surface area contributed by atoms with Crippen LogP contribution in [0.5, 0.6) is 5.75 Å². The molecule has 3 aromatic rings. The second-order valence-corrected chi connectivity index (χ2v) is 6.20. The van der Waals surface area contributed by atoms with Crippen LogP contribution in [-0.4, -0.2) is 20.8 Å². The molecule has 0 aliphatic carbocycles. The fourth-order valence-electron chi connectivity index (χ4n) is 2.81. The molecule has 25 heavy (non-hydrogen) atoms. The summed E-state index contributed by atoms with van der Waals surface area (Å²) in [6.45, 7) is 3.62. The quantitative estimate of drug-likeness (QED) is 0.669. The lowest BCUT2D eigenvalue weighted by atomic mass is 10.1. The molecule has 0 aliphatic heterocycles. The number of carbonyl (C=O) groups excluding carboxylic acids is 1. The molecule has 0 unspecified atom stereocenters. The molecule has 0 radical (unpaired) electrons. The summed E-state index contributed by atoms with van der Waals surface area (Å²) >= 11 is 5.92. The van der Waals surface area contributed by atoms with Gasteiger partial charge in [0.1, 0.15) is 22.8 Å². The van der Waals surface area contributed by atoms with Crippen molar-refractivity contribution in [1.82, 2.24) is 9.78 Å². The number of primary amides is 1. The lowest BCUT2D eigenvalue weighted by Gasteiger charge is -2.12. The van der Waals surface area contributed by atoms with Crippen molar-refractivity contribution in [3.63, 3.8) is 0 Å². The zero-order valence-electron chi connectivity index (χ0n) is 13.7. The Morgan fingerprint density at radius 1 is 1.16 bits per heavy atom. The zero-order valence-corrected chi connectivity index (χ0v) is 14.5. The predicted octanol–water partition coefficient (Wildman–Crippen LogP) is 3.20. The maximum atomic E-state index is 12.0. The number of nitrogen functional groups attached to an aromatic ring is 1. The van der Waals surface area contributed by atoms with Crippen molar-refractivity contribution < 1.29 is 9.90 Å². The number of phenols is 1. The normalized spacial score (nSPS) is 10.8. The average Bonchev–Trinajstić information content (AvgIpc) is 2.90. The van der Waals surface area contributed by atoms with E-state index < -0.39 is 5.91 Å². The van der Waals surface area contributed by atoms with Gasteiger partial charge in [-0.3, -0.25) is 4.79 Å². The maximum Gasteiger partial charge on any atom is 0.254 e. The van der Waals surface area contributed by atoms with Crippen LogP contribution in [0.3, 0.4) is 0 Å². The van der Waals surface area contributed by atoms with E-state index in [9.17, 15) is 9.90 Å². The van der Waals surface area contributed by atoms with E-state index in [2.05, 4.69) is 5.10 Å². The van der Waals surface area contributed by atoms with E-state index in [1.165, 1.54) is 4.68 Å². The highest BCUT2D eigenvalue weighted by Crippen LogP contribution is 2.33. The third-order valence-electron chi connectivity index (χ3n) is 4.10.